The third-order valence-electron chi connectivity index (χ3n) is 1.94. The number of anilines is 1. The predicted octanol–water partition coefficient (Wildman–Crippen LogP) is 0.362. The van der Waals surface area contributed by atoms with E-state index in [2.05, 4.69) is 15.8 Å². The van der Waals surface area contributed by atoms with E-state index in [-0.39, 0.29) is 0 Å². The van der Waals surface area contributed by atoms with Gasteiger partial charge in [-0.25, -0.2) is 0 Å². The number of aromatic nitrogens is 1. The van der Waals surface area contributed by atoms with Gasteiger partial charge < -0.3 is 15.2 Å². The average Bonchev–Trinajstić information content (AvgIpc) is 2.47. The quantitative estimate of drug-likeness (QED) is 0.611. The molecule has 60 valence electrons. The lowest BCUT2D eigenvalue weighted by Gasteiger charge is -2.10. The maximum Gasteiger partial charge on any atom is 0.172 e. The van der Waals surface area contributed by atoms with E-state index < -0.39 is 0 Å². The molecule has 0 amide bonds. The molecule has 0 spiro atoms. The molecule has 0 bridgehead atoms. The molecule has 0 aromatic carbocycles. The van der Waals surface area contributed by atoms with E-state index in [9.17, 15) is 0 Å². The normalized spacial score (nSPS) is 16.1. The summed E-state index contributed by atoms with van der Waals surface area (Å²) in [5.74, 6) is 1.86. The lowest BCUT2D eigenvalue weighted by molar-refractivity contribution is 0.367. The fourth-order valence-electron chi connectivity index (χ4n) is 1.35. The Morgan fingerprint density at radius 3 is 3.36 bits per heavy atom. The van der Waals surface area contributed by atoms with E-state index in [0.717, 1.165) is 31.1 Å². The summed E-state index contributed by atoms with van der Waals surface area (Å²) in [4.78, 5) is 0. The summed E-state index contributed by atoms with van der Waals surface area (Å²) in [6.45, 7) is 1.83. The van der Waals surface area contributed by atoms with Crippen LogP contribution in [0.4, 0.5) is 5.82 Å². The van der Waals surface area contributed by atoms with Crippen molar-refractivity contribution in [3.8, 4) is 0 Å². The first-order valence-electron chi connectivity index (χ1n) is 3.77. The van der Waals surface area contributed by atoms with Gasteiger partial charge in [-0.2, -0.15) is 0 Å². The molecule has 0 saturated heterocycles. The highest BCUT2D eigenvalue weighted by atomic mass is 16.5. The van der Waals surface area contributed by atoms with Crippen molar-refractivity contribution in [2.45, 2.75) is 13.0 Å². The minimum Gasteiger partial charge on any atom is -0.370 e. The number of hydrogen-bond donors (Lipinski definition) is 2. The Labute approximate surface area is 65.0 Å². The number of fused-ring (bicyclic) bond motifs is 1. The van der Waals surface area contributed by atoms with Crippen LogP contribution in [0.1, 0.15) is 11.3 Å². The molecule has 0 aliphatic carbocycles. The van der Waals surface area contributed by atoms with Gasteiger partial charge in [0.25, 0.3) is 0 Å². The van der Waals surface area contributed by atoms with Crippen LogP contribution < -0.4 is 10.6 Å². The van der Waals surface area contributed by atoms with Gasteiger partial charge in [0.15, 0.2) is 11.6 Å². The molecule has 11 heavy (non-hydrogen) atoms. The second-order valence-corrected chi connectivity index (χ2v) is 2.61. The molecule has 2 N–H and O–H groups in total. The van der Waals surface area contributed by atoms with Gasteiger partial charge in [0.05, 0.1) is 6.54 Å². The van der Waals surface area contributed by atoms with Gasteiger partial charge in [0, 0.05) is 12.6 Å². The monoisotopic (exact) mass is 153 g/mol. The minimum absolute atomic E-state index is 0.810. The molecule has 0 atom stereocenters. The van der Waals surface area contributed by atoms with Crippen LogP contribution in [0.3, 0.4) is 0 Å². The summed E-state index contributed by atoms with van der Waals surface area (Å²) >= 11 is 0. The van der Waals surface area contributed by atoms with Crippen molar-refractivity contribution in [2.75, 3.05) is 18.9 Å². The Hall–Kier alpha value is -1.03. The van der Waals surface area contributed by atoms with Crippen molar-refractivity contribution in [1.29, 1.82) is 0 Å². The molecule has 4 heteroatoms. The van der Waals surface area contributed by atoms with E-state index in [4.69, 9.17) is 4.52 Å². The lowest BCUT2D eigenvalue weighted by atomic mass is 10.1. The van der Waals surface area contributed by atoms with Crippen molar-refractivity contribution in [3.05, 3.63) is 11.3 Å². The van der Waals surface area contributed by atoms with Crippen molar-refractivity contribution in [3.63, 3.8) is 0 Å². The zero-order valence-electron chi connectivity index (χ0n) is 6.48. The van der Waals surface area contributed by atoms with Crippen LogP contribution in [-0.2, 0) is 13.0 Å². The van der Waals surface area contributed by atoms with Crippen LogP contribution in [-0.4, -0.2) is 18.7 Å². The topological polar surface area (TPSA) is 50.1 Å². The fourth-order valence-corrected chi connectivity index (χ4v) is 1.35. The smallest absolute Gasteiger partial charge is 0.172 e. The van der Waals surface area contributed by atoms with Gasteiger partial charge in [-0.3, -0.25) is 0 Å². The first kappa shape index (κ1) is 6.67. The van der Waals surface area contributed by atoms with Crippen molar-refractivity contribution in [1.82, 2.24) is 10.5 Å². The Morgan fingerprint density at radius 1 is 1.64 bits per heavy atom. The summed E-state index contributed by atoms with van der Waals surface area (Å²) < 4.78 is 5.10. The third-order valence-corrected chi connectivity index (χ3v) is 1.94. The molecule has 0 fully saturated rings. The molecule has 0 saturated carbocycles. The van der Waals surface area contributed by atoms with Gasteiger partial charge in [0.1, 0.15) is 0 Å². The Bertz CT molecular complexity index is 243. The molecule has 4 nitrogen and oxygen atoms in total. The Morgan fingerprint density at radius 2 is 2.55 bits per heavy atom. The highest BCUT2D eigenvalue weighted by Gasteiger charge is 2.17. The van der Waals surface area contributed by atoms with Gasteiger partial charge in [-0.15, -0.1) is 0 Å². The maximum atomic E-state index is 5.10. The molecule has 1 aromatic rings. The summed E-state index contributed by atoms with van der Waals surface area (Å²) in [6.07, 6.45) is 1.01. The lowest BCUT2D eigenvalue weighted by Crippen LogP contribution is -2.22. The first-order valence-corrected chi connectivity index (χ1v) is 3.77. The standard InChI is InChI=1S/C7H11N3O/c1-8-7-5-2-3-9-4-6(5)11-10-7/h9H,2-4H2,1H3,(H,8,10). The second kappa shape index (κ2) is 2.54. The van der Waals surface area contributed by atoms with Gasteiger partial charge in [0.2, 0.25) is 0 Å². The van der Waals surface area contributed by atoms with Crippen LogP contribution in [0.5, 0.6) is 0 Å². The van der Waals surface area contributed by atoms with Crippen molar-refractivity contribution in [2.24, 2.45) is 0 Å². The van der Waals surface area contributed by atoms with Crippen molar-refractivity contribution >= 4 is 5.82 Å². The molecule has 1 aliphatic heterocycles. The number of hydrogen-bond acceptors (Lipinski definition) is 4. The average molecular weight is 153 g/mol. The first-order chi connectivity index (χ1) is 5.42. The zero-order chi connectivity index (χ0) is 7.68. The SMILES string of the molecule is CNc1noc2c1CCNC2. The van der Waals surface area contributed by atoms with Gasteiger partial charge in [-0.05, 0) is 13.0 Å². The Kier molecular flexibility index (Phi) is 1.54. The fraction of sp³-hybridized carbons (Fsp3) is 0.571. The summed E-state index contributed by atoms with van der Waals surface area (Å²) in [5, 5.41) is 10.1. The molecule has 2 rings (SSSR count). The summed E-state index contributed by atoms with van der Waals surface area (Å²) in [7, 11) is 1.86. The van der Waals surface area contributed by atoms with Crippen LogP contribution in [0, 0.1) is 0 Å². The number of rotatable bonds is 1. The molecule has 2 heterocycles. The van der Waals surface area contributed by atoms with Crippen LogP contribution in [0.15, 0.2) is 4.52 Å². The summed E-state index contributed by atoms with van der Waals surface area (Å²) in [6, 6.07) is 0. The highest BCUT2D eigenvalue weighted by Crippen LogP contribution is 2.21. The van der Waals surface area contributed by atoms with Crippen LogP contribution >= 0.6 is 0 Å². The molecule has 0 unspecified atom stereocenters. The largest absolute Gasteiger partial charge is 0.370 e. The highest BCUT2D eigenvalue weighted by molar-refractivity contribution is 5.45. The second-order valence-electron chi connectivity index (χ2n) is 2.61. The van der Waals surface area contributed by atoms with E-state index in [1.807, 2.05) is 7.05 Å². The minimum atomic E-state index is 0.810. The molecular formula is C7H11N3O. The Balaban J connectivity index is 2.38. The van der Waals surface area contributed by atoms with E-state index in [0.29, 0.717) is 0 Å². The van der Waals surface area contributed by atoms with Crippen LogP contribution in [0.25, 0.3) is 0 Å². The van der Waals surface area contributed by atoms with E-state index >= 15 is 0 Å². The summed E-state index contributed by atoms with van der Waals surface area (Å²) in [5.41, 5.74) is 1.23. The van der Waals surface area contributed by atoms with E-state index in [1.54, 1.807) is 0 Å². The van der Waals surface area contributed by atoms with Gasteiger partial charge in [-0.1, -0.05) is 5.16 Å². The van der Waals surface area contributed by atoms with E-state index in [1.165, 1.54) is 5.56 Å². The molecular weight excluding hydrogens is 142 g/mol. The van der Waals surface area contributed by atoms with Gasteiger partial charge >= 0.3 is 0 Å². The molecule has 1 aromatic heterocycles. The zero-order valence-corrected chi connectivity index (χ0v) is 6.48. The molecule has 1 aliphatic rings. The maximum absolute atomic E-state index is 5.10. The van der Waals surface area contributed by atoms with Crippen LogP contribution in [0.2, 0.25) is 0 Å². The molecule has 0 radical (unpaired) electrons. The van der Waals surface area contributed by atoms with Crippen molar-refractivity contribution < 1.29 is 4.52 Å². The number of nitrogens with zero attached hydrogens (tertiary/aromatic N) is 1. The third kappa shape index (κ3) is 0.991. The number of nitrogens with one attached hydrogen (secondary N) is 2. The predicted molar refractivity (Wildman–Crippen MR) is 41.5 cm³/mol.